The smallest absolute Gasteiger partial charge is 0.323 e. The molecule has 1 saturated carbocycles. The van der Waals surface area contributed by atoms with Crippen molar-refractivity contribution < 1.29 is 13.6 Å². The number of likely N-dealkylation sites (tertiary alicyclic amines) is 1. The van der Waals surface area contributed by atoms with Crippen molar-refractivity contribution in [2.24, 2.45) is 5.92 Å². The van der Waals surface area contributed by atoms with Gasteiger partial charge in [-0.1, -0.05) is 6.92 Å². The van der Waals surface area contributed by atoms with Crippen LogP contribution >= 0.6 is 0 Å². The first-order chi connectivity index (χ1) is 16.3. The summed E-state index contributed by atoms with van der Waals surface area (Å²) in [7, 11) is 0. The average molecular weight is 462 g/mol. The Morgan fingerprint density at radius 1 is 1.26 bits per heavy atom. The van der Waals surface area contributed by atoms with Crippen LogP contribution in [-0.4, -0.2) is 41.8 Å². The molecule has 0 radical (unpaired) electrons. The summed E-state index contributed by atoms with van der Waals surface area (Å²) in [4.78, 5) is 19.6. The fourth-order valence-corrected chi connectivity index (χ4v) is 5.58. The standard InChI is InChI=1S/C24H24FN7O2/c1-13-7-17-11-24(10-13,22-29-28-15(3)34-22)32(17)23(33)27-20-9-18(14(2)8-19(20)25)21-26-12-16-5-4-6-31(16)30-21/h4-6,8-9,12-13,17H,7,10-11H2,1-3H3,(H,27,33)/t13-,17?,24?/m1/s1. The molecule has 2 unspecified atom stereocenters. The molecule has 1 aliphatic carbocycles. The second-order valence-electron chi connectivity index (χ2n) is 9.47. The predicted molar refractivity (Wildman–Crippen MR) is 121 cm³/mol. The molecule has 1 saturated heterocycles. The van der Waals surface area contributed by atoms with Crippen LogP contribution in [0.25, 0.3) is 16.9 Å². The third kappa shape index (κ3) is 3.08. The van der Waals surface area contributed by atoms with Gasteiger partial charge in [0.05, 0.1) is 17.4 Å². The molecule has 9 nitrogen and oxygen atoms in total. The Balaban J connectivity index is 1.33. The van der Waals surface area contributed by atoms with E-state index in [-0.39, 0.29) is 17.8 Å². The van der Waals surface area contributed by atoms with E-state index in [0.29, 0.717) is 34.7 Å². The lowest BCUT2D eigenvalue weighted by Gasteiger charge is -2.61. The lowest BCUT2D eigenvalue weighted by Crippen LogP contribution is -2.70. The van der Waals surface area contributed by atoms with Crippen LogP contribution in [0.3, 0.4) is 0 Å². The van der Waals surface area contributed by atoms with E-state index in [4.69, 9.17) is 4.42 Å². The Morgan fingerprint density at radius 3 is 2.91 bits per heavy atom. The van der Waals surface area contributed by atoms with Crippen molar-refractivity contribution in [2.75, 3.05) is 5.32 Å². The minimum Gasteiger partial charge on any atom is -0.423 e. The van der Waals surface area contributed by atoms with Crippen molar-refractivity contribution in [3.8, 4) is 11.4 Å². The summed E-state index contributed by atoms with van der Waals surface area (Å²) in [6.07, 6.45) is 5.91. The highest BCUT2D eigenvalue weighted by molar-refractivity contribution is 5.92. The third-order valence-corrected chi connectivity index (χ3v) is 6.98. The summed E-state index contributed by atoms with van der Waals surface area (Å²) in [5.74, 6) is 1.25. The van der Waals surface area contributed by atoms with Crippen LogP contribution in [-0.2, 0) is 5.54 Å². The van der Waals surface area contributed by atoms with E-state index in [0.717, 1.165) is 24.8 Å². The number of carbonyl (C=O) groups is 1. The molecule has 4 aromatic rings. The number of aromatic nitrogens is 5. The molecule has 1 N–H and O–H groups in total. The van der Waals surface area contributed by atoms with Gasteiger partial charge in [-0.15, -0.1) is 15.3 Å². The van der Waals surface area contributed by atoms with Crippen molar-refractivity contribution in [3.05, 3.63) is 59.8 Å². The van der Waals surface area contributed by atoms with Gasteiger partial charge in [0.2, 0.25) is 11.8 Å². The van der Waals surface area contributed by atoms with E-state index in [9.17, 15) is 9.18 Å². The minimum atomic E-state index is -0.653. The first kappa shape index (κ1) is 20.8. The van der Waals surface area contributed by atoms with Crippen LogP contribution in [0, 0.1) is 25.6 Å². The van der Waals surface area contributed by atoms with Gasteiger partial charge in [-0.05, 0) is 55.5 Å². The summed E-state index contributed by atoms with van der Waals surface area (Å²) < 4.78 is 22.4. The van der Waals surface area contributed by atoms with E-state index in [1.165, 1.54) is 6.07 Å². The average Bonchev–Trinajstić information content (AvgIpc) is 3.43. The van der Waals surface area contributed by atoms with Crippen molar-refractivity contribution >= 4 is 17.2 Å². The summed E-state index contributed by atoms with van der Waals surface area (Å²) in [5.41, 5.74) is 1.61. The van der Waals surface area contributed by atoms with E-state index >= 15 is 0 Å². The van der Waals surface area contributed by atoms with Crippen molar-refractivity contribution in [3.63, 3.8) is 0 Å². The highest BCUT2D eigenvalue weighted by Gasteiger charge is 2.62. The second-order valence-corrected chi connectivity index (χ2v) is 9.47. The SMILES string of the molecule is Cc1nnc(C23CC(C[C@@H](C)C2)N3C(=O)Nc2cc(-c3ncc4cccn4n3)c(C)cc2F)o1. The lowest BCUT2D eigenvalue weighted by atomic mass is 9.64. The monoisotopic (exact) mass is 461 g/mol. The molecule has 174 valence electrons. The van der Waals surface area contributed by atoms with Crippen LogP contribution in [0.2, 0.25) is 0 Å². The Morgan fingerprint density at radius 2 is 2.12 bits per heavy atom. The first-order valence-electron chi connectivity index (χ1n) is 11.4. The molecule has 0 spiro atoms. The molecular formula is C24H24FN7O2. The zero-order valence-corrected chi connectivity index (χ0v) is 19.1. The number of nitrogens with one attached hydrogen (secondary N) is 1. The molecule has 1 aromatic carbocycles. The fourth-order valence-electron chi connectivity index (χ4n) is 5.58. The van der Waals surface area contributed by atoms with Gasteiger partial charge in [-0.2, -0.15) is 0 Å². The normalized spacial score (nSPS) is 23.7. The lowest BCUT2D eigenvalue weighted by molar-refractivity contribution is -0.110. The molecular weight excluding hydrogens is 437 g/mol. The molecule has 2 bridgehead atoms. The molecule has 10 heteroatoms. The molecule has 3 atom stereocenters. The van der Waals surface area contributed by atoms with E-state index in [1.807, 2.05) is 18.3 Å². The number of fused-ring (bicyclic) bond motifs is 3. The summed E-state index contributed by atoms with van der Waals surface area (Å²) in [6, 6.07) is 6.43. The number of nitrogens with zero attached hydrogens (tertiary/aromatic N) is 6. The number of piperidine rings is 1. The number of rotatable bonds is 3. The number of benzene rings is 1. The van der Waals surface area contributed by atoms with Gasteiger partial charge in [-0.3, -0.25) is 0 Å². The van der Waals surface area contributed by atoms with Crippen LogP contribution < -0.4 is 5.32 Å². The Kier molecular flexibility index (Phi) is 4.48. The van der Waals surface area contributed by atoms with Gasteiger partial charge in [0.25, 0.3) is 0 Å². The topological polar surface area (TPSA) is 101 Å². The van der Waals surface area contributed by atoms with Crippen LogP contribution in [0.5, 0.6) is 0 Å². The highest BCUT2D eigenvalue weighted by Crippen LogP contribution is 2.55. The summed E-state index contributed by atoms with van der Waals surface area (Å²) >= 11 is 0. The number of anilines is 1. The van der Waals surface area contributed by atoms with E-state index < -0.39 is 11.4 Å². The zero-order chi connectivity index (χ0) is 23.6. The fraction of sp³-hybridized carbons (Fsp3) is 0.375. The number of urea groups is 1. The van der Waals surface area contributed by atoms with Gasteiger partial charge in [0, 0.05) is 31.1 Å². The van der Waals surface area contributed by atoms with Crippen LogP contribution in [0.4, 0.5) is 14.9 Å². The largest absolute Gasteiger partial charge is 0.423 e. The van der Waals surface area contributed by atoms with E-state index in [2.05, 4.69) is 32.5 Å². The number of aryl methyl sites for hydroxylation is 2. The quantitative estimate of drug-likeness (QED) is 0.483. The van der Waals surface area contributed by atoms with Gasteiger partial charge in [-0.25, -0.2) is 18.7 Å². The Bertz CT molecular complexity index is 1430. The molecule has 1 aliphatic heterocycles. The molecule has 34 heavy (non-hydrogen) atoms. The van der Waals surface area contributed by atoms with Gasteiger partial charge >= 0.3 is 6.03 Å². The number of amides is 2. The molecule has 4 heterocycles. The van der Waals surface area contributed by atoms with Crippen LogP contribution in [0.15, 0.2) is 41.1 Å². The predicted octanol–water partition coefficient (Wildman–Crippen LogP) is 4.47. The highest BCUT2D eigenvalue weighted by atomic mass is 19.1. The molecule has 2 aliphatic rings. The maximum absolute atomic E-state index is 14.9. The zero-order valence-electron chi connectivity index (χ0n) is 19.1. The van der Waals surface area contributed by atoms with Crippen LogP contribution in [0.1, 0.15) is 43.5 Å². The molecule has 2 amide bonds. The Labute approximate surface area is 195 Å². The van der Waals surface area contributed by atoms with Crippen molar-refractivity contribution in [1.82, 2.24) is 29.7 Å². The number of hydrogen-bond acceptors (Lipinski definition) is 6. The van der Waals surface area contributed by atoms with Gasteiger partial charge in [0.1, 0.15) is 11.4 Å². The number of carbonyl (C=O) groups excluding carboxylic acids is 1. The van der Waals surface area contributed by atoms with Crippen molar-refractivity contribution in [2.45, 2.75) is 51.6 Å². The molecule has 6 rings (SSSR count). The first-order valence-corrected chi connectivity index (χ1v) is 11.4. The maximum Gasteiger partial charge on any atom is 0.323 e. The second kappa shape index (κ2) is 7.34. The molecule has 3 aromatic heterocycles. The maximum atomic E-state index is 14.9. The minimum absolute atomic E-state index is 0.0448. The van der Waals surface area contributed by atoms with Gasteiger partial charge < -0.3 is 14.6 Å². The van der Waals surface area contributed by atoms with Crippen molar-refractivity contribution in [1.29, 1.82) is 0 Å². The summed E-state index contributed by atoms with van der Waals surface area (Å²) in [5, 5.41) is 15.5. The molecule has 2 fully saturated rings. The third-order valence-electron chi connectivity index (χ3n) is 6.98. The Hall–Kier alpha value is -3.82. The number of hydrogen-bond donors (Lipinski definition) is 1. The number of halogens is 1. The van der Waals surface area contributed by atoms with Gasteiger partial charge in [0.15, 0.2) is 5.82 Å². The summed E-state index contributed by atoms with van der Waals surface area (Å²) in [6.45, 7) is 5.69. The van der Waals surface area contributed by atoms with E-state index in [1.54, 1.807) is 35.5 Å².